The zero-order valence-electron chi connectivity index (χ0n) is 14.3. The first-order valence-electron chi connectivity index (χ1n) is 7.45. The lowest BCUT2D eigenvalue weighted by Crippen LogP contribution is -2.60. The molecule has 1 aromatic rings. The molecule has 6 nitrogen and oxygen atoms in total. The van der Waals surface area contributed by atoms with Gasteiger partial charge in [-0.15, -0.1) is 0 Å². The van der Waals surface area contributed by atoms with Gasteiger partial charge in [0.25, 0.3) is 0 Å². The van der Waals surface area contributed by atoms with Crippen molar-refractivity contribution >= 4 is 11.8 Å². The van der Waals surface area contributed by atoms with E-state index < -0.39 is 5.60 Å². The second-order valence-electron chi connectivity index (χ2n) is 7.15. The molecule has 1 saturated heterocycles. The van der Waals surface area contributed by atoms with E-state index in [-0.39, 0.29) is 11.5 Å². The minimum Gasteiger partial charge on any atom is -0.496 e. The molecule has 1 fully saturated rings. The van der Waals surface area contributed by atoms with E-state index in [1.54, 1.807) is 24.1 Å². The molecule has 0 aromatic heterocycles. The average molecular weight is 317 g/mol. The molecule has 0 atom stereocenters. The first-order valence-corrected chi connectivity index (χ1v) is 7.45. The van der Waals surface area contributed by atoms with E-state index in [9.17, 15) is 10.1 Å². The lowest BCUT2D eigenvalue weighted by Gasteiger charge is -2.48. The van der Waals surface area contributed by atoms with Crippen LogP contribution in [-0.2, 0) is 10.2 Å². The summed E-state index contributed by atoms with van der Waals surface area (Å²) in [5, 5.41) is 9.18. The Balaban J connectivity index is 2.21. The van der Waals surface area contributed by atoms with Crippen molar-refractivity contribution in [1.82, 2.24) is 4.90 Å². The van der Waals surface area contributed by atoms with Crippen LogP contribution in [0, 0.1) is 11.3 Å². The minimum absolute atomic E-state index is 0.290. The van der Waals surface area contributed by atoms with Crippen molar-refractivity contribution in [3.05, 3.63) is 23.3 Å². The van der Waals surface area contributed by atoms with Crippen molar-refractivity contribution in [2.75, 3.05) is 25.9 Å². The van der Waals surface area contributed by atoms with Gasteiger partial charge in [-0.25, -0.2) is 4.79 Å². The Kier molecular flexibility index (Phi) is 4.16. The van der Waals surface area contributed by atoms with Crippen molar-refractivity contribution in [1.29, 1.82) is 5.26 Å². The van der Waals surface area contributed by atoms with Crippen LogP contribution >= 0.6 is 0 Å². The van der Waals surface area contributed by atoms with Crippen LogP contribution in [0.3, 0.4) is 0 Å². The first-order chi connectivity index (χ1) is 10.6. The molecule has 0 bridgehead atoms. The van der Waals surface area contributed by atoms with Crippen molar-refractivity contribution in [3.8, 4) is 11.8 Å². The number of amides is 1. The molecule has 0 spiro atoms. The number of nitrogens with zero attached hydrogens (tertiary/aromatic N) is 2. The van der Waals surface area contributed by atoms with Gasteiger partial charge in [0.1, 0.15) is 17.4 Å². The highest BCUT2D eigenvalue weighted by Crippen LogP contribution is 2.41. The molecule has 1 amide bonds. The van der Waals surface area contributed by atoms with E-state index in [0.717, 1.165) is 5.56 Å². The summed E-state index contributed by atoms with van der Waals surface area (Å²) >= 11 is 0. The van der Waals surface area contributed by atoms with Gasteiger partial charge in [-0.3, -0.25) is 0 Å². The number of nitrogen functional groups attached to an aromatic ring is 1. The van der Waals surface area contributed by atoms with Gasteiger partial charge < -0.3 is 20.1 Å². The molecule has 0 aliphatic carbocycles. The van der Waals surface area contributed by atoms with Gasteiger partial charge in [-0.1, -0.05) is 6.92 Å². The van der Waals surface area contributed by atoms with Gasteiger partial charge in [-0.05, 0) is 26.8 Å². The molecule has 124 valence electrons. The van der Waals surface area contributed by atoms with Gasteiger partial charge in [0.05, 0.1) is 18.4 Å². The summed E-state index contributed by atoms with van der Waals surface area (Å²) in [7, 11) is 1.57. The fraction of sp³-hybridized carbons (Fsp3) is 0.529. The molecule has 23 heavy (non-hydrogen) atoms. The maximum Gasteiger partial charge on any atom is 0.410 e. The number of carbonyl (C=O) groups excluding carboxylic acids is 1. The van der Waals surface area contributed by atoms with Crippen molar-refractivity contribution < 1.29 is 14.3 Å². The molecular formula is C17H23N3O3. The third-order valence-electron chi connectivity index (χ3n) is 3.87. The Morgan fingerprint density at radius 3 is 2.48 bits per heavy atom. The number of hydrogen-bond donors (Lipinski definition) is 1. The maximum absolute atomic E-state index is 12.1. The highest BCUT2D eigenvalue weighted by molar-refractivity contribution is 5.71. The van der Waals surface area contributed by atoms with E-state index in [2.05, 4.69) is 6.07 Å². The third kappa shape index (κ3) is 3.34. The van der Waals surface area contributed by atoms with Crippen molar-refractivity contribution in [2.45, 2.75) is 38.7 Å². The van der Waals surface area contributed by atoms with Gasteiger partial charge in [0.15, 0.2) is 0 Å². The number of rotatable bonds is 2. The number of likely N-dealkylation sites (tertiary alicyclic amines) is 1. The third-order valence-corrected chi connectivity index (χ3v) is 3.87. The zero-order valence-corrected chi connectivity index (χ0v) is 14.3. The summed E-state index contributed by atoms with van der Waals surface area (Å²) in [6.45, 7) is 8.56. The molecule has 1 aliphatic heterocycles. The Hall–Kier alpha value is -2.42. The van der Waals surface area contributed by atoms with Crippen LogP contribution in [0.1, 0.15) is 38.8 Å². The van der Waals surface area contributed by atoms with Crippen molar-refractivity contribution in [3.63, 3.8) is 0 Å². The Morgan fingerprint density at radius 2 is 2.00 bits per heavy atom. The molecular weight excluding hydrogens is 294 g/mol. The van der Waals surface area contributed by atoms with Crippen LogP contribution in [0.4, 0.5) is 10.5 Å². The minimum atomic E-state index is -0.518. The molecule has 6 heteroatoms. The predicted octanol–water partition coefficient (Wildman–Crippen LogP) is 2.66. The van der Waals surface area contributed by atoms with E-state index in [1.165, 1.54) is 0 Å². The molecule has 1 heterocycles. The largest absolute Gasteiger partial charge is 0.496 e. The summed E-state index contributed by atoms with van der Waals surface area (Å²) < 4.78 is 10.8. The number of ether oxygens (including phenoxy) is 2. The molecule has 0 radical (unpaired) electrons. The fourth-order valence-electron chi connectivity index (χ4n) is 2.76. The van der Waals surface area contributed by atoms with E-state index in [0.29, 0.717) is 30.1 Å². The van der Waals surface area contributed by atoms with Crippen LogP contribution in [0.25, 0.3) is 0 Å². The number of methoxy groups -OCH3 is 1. The zero-order chi connectivity index (χ0) is 17.4. The van der Waals surface area contributed by atoms with Crippen LogP contribution < -0.4 is 10.5 Å². The summed E-state index contributed by atoms with van der Waals surface area (Å²) in [5.74, 6) is 0.632. The molecule has 2 rings (SSSR count). The quantitative estimate of drug-likeness (QED) is 0.847. The van der Waals surface area contributed by atoms with Gasteiger partial charge in [-0.2, -0.15) is 5.26 Å². The fourth-order valence-corrected chi connectivity index (χ4v) is 2.76. The SMILES string of the molecule is COc1cc(N)c(C#N)cc1C1(C)CN(C(=O)OC(C)(C)C)C1. The van der Waals surface area contributed by atoms with Gasteiger partial charge in [0, 0.05) is 30.1 Å². The number of benzene rings is 1. The van der Waals surface area contributed by atoms with Gasteiger partial charge in [0.2, 0.25) is 0 Å². The Labute approximate surface area is 136 Å². The summed E-state index contributed by atoms with van der Waals surface area (Å²) in [6, 6.07) is 5.50. The molecule has 1 aromatic carbocycles. The maximum atomic E-state index is 12.1. The monoisotopic (exact) mass is 317 g/mol. The smallest absolute Gasteiger partial charge is 0.410 e. The normalized spacial score (nSPS) is 16.3. The Bertz CT molecular complexity index is 665. The van der Waals surface area contributed by atoms with Crippen LogP contribution in [0.2, 0.25) is 0 Å². The summed E-state index contributed by atoms with van der Waals surface area (Å²) in [6.07, 6.45) is -0.329. The molecule has 1 aliphatic rings. The topological polar surface area (TPSA) is 88.6 Å². The highest BCUT2D eigenvalue weighted by Gasteiger charge is 2.45. The summed E-state index contributed by atoms with van der Waals surface area (Å²) in [5.41, 5.74) is 6.71. The lowest BCUT2D eigenvalue weighted by molar-refractivity contribution is -0.00688. The Morgan fingerprint density at radius 1 is 1.39 bits per heavy atom. The first kappa shape index (κ1) is 16.9. The molecule has 0 unspecified atom stereocenters. The highest BCUT2D eigenvalue weighted by atomic mass is 16.6. The molecule has 0 saturated carbocycles. The van der Waals surface area contributed by atoms with Crippen LogP contribution in [0.15, 0.2) is 12.1 Å². The second kappa shape index (κ2) is 5.65. The number of nitriles is 1. The van der Waals surface area contributed by atoms with Crippen molar-refractivity contribution in [2.24, 2.45) is 0 Å². The average Bonchev–Trinajstić information content (AvgIpc) is 2.41. The lowest BCUT2D eigenvalue weighted by atomic mass is 9.74. The second-order valence-corrected chi connectivity index (χ2v) is 7.15. The molecule has 2 N–H and O–H groups in total. The number of nitrogens with two attached hydrogens (primary N) is 1. The van der Waals surface area contributed by atoms with Gasteiger partial charge >= 0.3 is 6.09 Å². The van der Waals surface area contributed by atoms with E-state index in [4.69, 9.17) is 15.2 Å². The van der Waals surface area contributed by atoms with E-state index >= 15 is 0 Å². The van der Waals surface area contributed by atoms with Crippen LogP contribution in [0.5, 0.6) is 5.75 Å². The standard InChI is InChI=1S/C17H23N3O3/c1-16(2,3)23-15(21)20-9-17(4,10-20)12-6-11(8-18)13(19)7-14(12)22-5/h6-7H,9-10,19H2,1-5H3. The van der Waals surface area contributed by atoms with Crippen LogP contribution in [-0.4, -0.2) is 36.8 Å². The number of carbonyl (C=O) groups is 1. The predicted molar refractivity (Wildman–Crippen MR) is 87.3 cm³/mol. The number of hydrogen-bond acceptors (Lipinski definition) is 5. The number of anilines is 1. The summed E-state index contributed by atoms with van der Waals surface area (Å²) in [4.78, 5) is 13.7. The van der Waals surface area contributed by atoms with E-state index in [1.807, 2.05) is 27.7 Å².